The zero-order chi connectivity index (χ0) is 10.3. The molecule has 1 saturated heterocycles. The highest BCUT2D eigenvalue weighted by atomic mass is 79.9. The van der Waals surface area contributed by atoms with Gasteiger partial charge in [-0.05, 0) is 47.8 Å². The molecular formula is C12H16BrNO. The molecule has 0 aromatic carbocycles. The highest BCUT2D eigenvalue weighted by Crippen LogP contribution is 2.42. The van der Waals surface area contributed by atoms with Crippen molar-refractivity contribution in [2.24, 2.45) is 0 Å². The van der Waals surface area contributed by atoms with E-state index in [1.54, 1.807) is 0 Å². The second-order valence-corrected chi connectivity index (χ2v) is 5.53. The molecule has 1 saturated carbocycles. The van der Waals surface area contributed by atoms with Crippen LogP contribution >= 0.6 is 15.9 Å². The third-order valence-electron chi connectivity index (χ3n) is 3.67. The van der Waals surface area contributed by atoms with Crippen LogP contribution in [0, 0.1) is 0 Å². The number of hydrogen-bond acceptors (Lipinski definition) is 2. The summed E-state index contributed by atoms with van der Waals surface area (Å²) in [6.45, 7) is 2.20. The molecule has 0 bridgehead atoms. The topological polar surface area (TPSA) is 25.2 Å². The van der Waals surface area contributed by atoms with Crippen LogP contribution in [0.2, 0.25) is 0 Å². The van der Waals surface area contributed by atoms with Crippen LogP contribution in [-0.4, -0.2) is 13.1 Å². The summed E-state index contributed by atoms with van der Waals surface area (Å²) in [6, 6.07) is 2.19. The standard InChI is InChI=1S/C12H16BrNO/c13-10-6-11(9-4-5-14-7-9)15-12(10)8-2-1-3-8/h6,8-9,14H,1-5,7H2. The summed E-state index contributed by atoms with van der Waals surface area (Å²) in [7, 11) is 0. The van der Waals surface area contributed by atoms with Crippen molar-refractivity contribution in [2.45, 2.75) is 37.5 Å². The Morgan fingerprint density at radius 2 is 2.13 bits per heavy atom. The zero-order valence-electron chi connectivity index (χ0n) is 8.76. The lowest BCUT2D eigenvalue weighted by molar-refractivity contribution is 0.328. The molecule has 15 heavy (non-hydrogen) atoms. The molecule has 2 heterocycles. The number of hydrogen-bond donors (Lipinski definition) is 1. The maximum Gasteiger partial charge on any atom is 0.121 e. The van der Waals surface area contributed by atoms with Gasteiger partial charge < -0.3 is 9.73 Å². The van der Waals surface area contributed by atoms with Crippen LogP contribution in [0.3, 0.4) is 0 Å². The van der Waals surface area contributed by atoms with Crippen LogP contribution in [0.5, 0.6) is 0 Å². The molecule has 1 aliphatic carbocycles. The lowest BCUT2D eigenvalue weighted by atomic mass is 9.84. The minimum absolute atomic E-state index is 0.593. The molecular weight excluding hydrogens is 254 g/mol. The van der Waals surface area contributed by atoms with Crippen LogP contribution in [0.1, 0.15) is 49.0 Å². The molecule has 82 valence electrons. The summed E-state index contributed by atoms with van der Waals surface area (Å²) in [5.41, 5.74) is 0. The van der Waals surface area contributed by atoms with Crippen molar-refractivity contribution >= 4 is 15.9 Å². The average molecular weight is 270 g/mol. The van der Waals surface area contributed by atoms with Gasteiger partial charge in [0.2, 0.25) is 0 Å². The smallest absolute Gasteiger partial charge is 0.121 e. The predicted molar refractivity (Wildman–Crippen MR) is 63.2 cm³/mol. The minimum atomic E-state index is 0.593. The van der Waals surface area contributed by atoms with Gasteiger partial charge in [-0.25, -0.2) is 0 Å². The fourth-order valence-corrected chi connectivity index (χ4v) is 3.08. The Hall–Kier alpha value is -0.280. The van der Waals surface area contributed by atoms with Gasteiger partial charge in [0.15, 0.2) is 0 Å². The van der Waals surface area contributed by atoms with E-state index in [2.05, 4.69) is 27.3 Å². The Kier molecular flexibility index (Phi) is 2.61. The Balaban J connectivity index is 1.83. The molecule has 2 nitrogen and oxygen atoms in total. The van der Waals surface area contributed by atoms with Crippen molar-refractivity contribution in [1.29, 1.82) is 0 Å². The van der Waals surface area contributed by atoms with E-state index in [0.29, 0.717) is 11.8 Å². The van der Waals surface area contributed by atoms with Gasteiger partial charge in [-0.1, -0.05) is 6.42 Å². The normalized spacial score (nSPS) is 26.9. The first-order chi connectivity index (χ1) is 7.34. The first-order valence-corrected chi connectivity index (χ1v) is 6.64. The fourth-order valence-electron chi connectivity index (χ4n) is 2.45. The Morgan fingerprint density at radius 3 is 2.73 bits per heavy atom. The van der Waals surface area contributed by atoms with Crippen LogP contribution < -0.4 is 5.32 Å². The lowest BCUT2D eigenvalue weighted by Crippen LogP contribution is -2.08. The summed E-state index contributed by atoms with van der Waals surface area (Å²) in [4.78, 5) is 0. The van der Waals surface area contributed by atoms with Gasteiger partial charge in [-0.3, -0.25) is 0 Å². The SMILES string of the molecule is Brc1cc(C2CCNC2)oc1C1CCC1. The Bertz CT molecular complexity index is 351. The van der Waals surface area contributed by atoms with Crippen molar-refractivity contribution in [3.63, 3.8) is 0 Å². The molecule has 1 aliphatic heterocycles. The molecule has 1 N–H and O–H groups in total. The summed E-state index contributed by atoms with van der Waals surface area (Å²) in [5, 5.41) is 3.38. The minimum Gasteiger partial charge on any atom is -0.464 e. The van der Waals surface area contributed by atoms with E-state index in [1.807, 2.05) is 0 Å². The summed E-state index contributed by atoms with van der Waals surface area (Å²) >= 11 is 3.63. The molecule has 0 spiro atoms. The molecule has 3 rings (SSSR count). The molecule has 3 heteroatoms. The van der Waals surface area contributed by atoms with Crippen LogP contribution in [0.25, 0.3) is 0 Å². The maximum atomic E-state index is 6.02. The van der Waals surface area contributed by atoms with E-state index in [0.717, 1.165) is 13.1 Å². The van der Waals surface area contributed by atoms with E-state index in [-0.39, 0.29) is 0 Å². The third-order valence-corrected chi connectivity index (χ3v) is 4.29. The summed E-state index contributed by atoms with van der Waals surface area (Å²) in [5.74, 6) is 3.65. The molecule has 1 aromatic heterocycles. The quantitative estimate of drug-likeness (QED) is 0.891. The number of nitrogens with one attached hydrogen (secondary N) is 1. The van der Waals surface area contributed by atoms with Crippen molar-refractivity contribution in [1.82, 2.24) is 5.32 Å². The van der Waals surface area contributed by atoms with Crippen molar-refractivity contribution in [3.8, 4) is 0 Å². The van der Waals surface area contributed by atoms with Crippen molar-refractivity contribution < 1.29 is 4.42 Å². The highest BCUT2D eigenvalue weighted by molar-refractivity contribution is 9.10. The van der Waals surface area contributed by atoms with Crippen LogP contribution in [0.4, 0.5) is 0 Å². The monoisotopic (exact) mass is 269 g/mol. The maximum absolute atomic E-state index is 6.02. The molecule has 1 unspecified atom stereocenters. The van der Waals surface area contributed by atoms with Crippen molar-refractivity contribution in [2.75, 3.05) is 13.1 Å². The number of rotatable bonds is 2. The van der Waals surface area contributed by atoms with E-state index < -0.39 is 0 Å². The summed E-state index contributed by atoms with van der Waals surface area (Å²) in [6.07, 6.45) is 5.17. The summed E-state index contributed by atoms with van der Waals surface area (Å²) < 4.78 is 7.20. The van der Waals surface area contributed by atoms with E-state index in [9.17, 15) is 0 Å². The number of halogens is 1. The Morgan fingerprint density at radius 1 is 1.27 bits per heavy atom. The van der Waals surface area contributed by atoms with Gasteiger partial charge >= 0.3 is 0 Å². The van der Waals surface area contributed by atoms with Gasteiger partial charge in [0.25, 0.3) is 0 Å². The molecule has 0 radical (unpaired) electrons. The zero-order valence-corrected chi connectivity index (χ0v) is 10.3. The Labute approximate surface area is 98.6 Å². The number of furan rings is 1. The molecule has 1 aromatic rings. The highest BCUT2D eigenvalue weighted by Gasteiger charge is 2.28. The average Bonchev–Trinajstić information content (AvgIpc) is 2.72. The van der Waals surface area contributed by atoms with Gasteiger partial charge in [0.05, 0.1) is 4.47 Å². The first kappa shape index (κ1) is 9.91. The molecule has 2 aliphatic rings. The second-order valence-electron chi connectivity index (χ2n) is 4.68. The van der Waals surface area contributed by atoms with Crippen molar-refractivity contribution in [3.05, 3.63) is 22.1 Å². The molecule has 0 amide bonds. The fraction of sp³-hybridized carbons (Fsp3) is 0.667. The first-order valence-electron chi connectivity index (χ1n) is 5.84. The van der Waals surface area contributed by atoms with Gasteiger partial charge in [-0.2, -0.15) is 0 Å². The van der Waals surface area contributed by atoms with E-state index >= 15 is 0 Å². The largest absolute Gasteiger partial charge is 0.464 e. The molecule has 1 atom stereocenters. The third kappa shape index (κ3) is 1.76. The van der Waals surface area contributed by atoms with Gasteiger partial charge in [-0.15, -0.1) is 0 Å². The lowest BCUT2D eigenvalue weighted by Gasteiger charge is -2.23. The predicted octanol–water partition coefficient (Wildman–Crippen LogP) is 3.39. The van der Waals surface area contributed by atoms with Gasteiger partial charge in [0.1, 0.15) is 11.5 Å². The van der Waals surface area contributed by atoms with E-state index in [4.69, 9.17) is 4.42 Å². The van der Waals surface area contributed by atoms with Crippen LogP contribution in [0.15, 0.2) is 15.0 Å². The molecule has 2 fully saturated rings. The van der Waals surface area contributed by atoms with Crippen LogP contribution in [-0.2, 0) is 0 Å². The van der Waals surface area contributed by atoms with E-state index in [1.165, 1.54) is 41.7 Å². The van der Waals surface area contributed by atoms with Gasteiger partial charge in [0, 0.05) is 18.4 Å². The second kappa shape index (κ2) is 3.95.